The zero-order valence-electron chi connectivity index (χ0n) is 14.7. The Labute approximate surface area is 135 Å². The van der Waals surface area contributed by atoms with Gasteiger partial charge in [-0.15, -0.1) is 0 Å². The van der Waals surface area contributed by atoms with Gasteiger partial charge < -0.3 is 9.47 Å². The van der Waals surface area contributed by atoms with E-state index >= 15 is 0 Å². The van der Waals surface area contributed by atoms with Crippen LogP contribution in [0.3, 0.4) is 0 Å². The fourth-order valence-corrected chi connectivity index (χ4v) is 2.32. The molecule has 4 heteroatoms. The molecule has 0 heterocycles. The second-order valence-corrected chi connectivity index (χ2v) is 6.03. The molecule has 0 saturated heterocycles. The third kappa shape index (κ3) is 12.7. The highest BCUT2D eigenvalue weighted by Gasteiger charge is 2.18. The maximum absolute atomic E-state index is 11.6. The molecule has 0 aromatic carbocycles. The average Bonchev–Trinajstić information content (AvgIpc) is 2.52. The lowest BCUT2D eigenvalue weighted by Crippen LogP contribution is -2.19. The third-order valence-electron chi connectivity index (χ3n) is 3.85. The molecule has 0 aromatic rings. The zero-order chi connectivity index (χ0) is 16.6. The second kappa shape index (κ2) is 14.9. The molecule has 0 N–H and O–H groups in total. The van der Waals surface area contributed by atoms with E-state index in [0.29, 0.717) is 6.61 Å². The summed E-state index contributed by atoms with van der Waals surface area (Å²) in [6, 6.07) is 0. The van der Waals surface area contributed by atoms with Gasteiger partial charge in [-0.25, -0.2) is 0 Å². The van der Waals surface area contributed by atoms with Gasteiger partial charge in [-0.2, -0.15) is 0 Å². The van der Waals surface area contributed by atoms with Crippen LogP contribution in [0, 0.1) is 5.92 Å². The van der Waals surface area contributed by atoms with Crippen LogP contribution in [0.5, 0.6) is 0 Å². The summed E-state index contributed by atoms with van der Waals surface area (Å²) < 4.78 is 9.71. The molecular weight excluding hydrogens is 280 g/mol. The monoisotopic (exact) mass is 314 g/mol. The molecule has 0 rings (SSSR count). The van der Waals surface area contributed by atoms with Gasteiger partial charge in [0.05, 0.1) is 26.1 Å². The van der Waals surface area contributed by atoms with Crippen LogP contribution in [0.4, 0.5) is 0 Å². The first kappa shape index (κ1) is 20.9. The van der Waals surface area contributed by atoms with E-state index in [0.717, 1.165) is 12.8 Å². The predicted octanol–water partition coefficient (Wildman–Crippen LogP) is 4.65. The lowest BCUT2D eigenvalue weighted by atomic mass is 10.1. The number of rotatable bonds is 14. The van der Waals surface area contributed by atoms with Crippen LogP contribution in [-0.4, -0.2) is 25.7 Å². The minimum absolute atomic E-state index is 0.0906. The minimum Gasteiger partial charge on any atom is -0.469 e. The maximum atomic E-state index is 11.6. The molecular formula is C18H34O4. The Kier molecular flexibility index (Phi) is 14.1. The molecule has 0 radical (unpaired) electrons. The van der Waals surface area contributed by atoms with Crippen molar-refractivity contribution in [1.29, 1.82) is 0 Å². The van der Waals surface area contributed by atoms with Gasteiger partial charge in [0.1, 0.15) is 0 Å². The summed E-state index contributed by atoms with van der Waals surface area (Å²) in [4.78, 5) is 22.7. The normalized spacial score (nSPS) is 12.0. The molecule has 0 aliphatic heterocycles. The van der Waals surface area contributed by atoms with E-state index < -0.39 is 5.92 Å². The Morgan fingerprint density at radius 3 is 1.86 bits per heavy atom. The second-order valence-electron chi connectivity index (χ2n) is 6.03. The van der Waals surface area contributed by atoms with Crippen LogP contribution in [-0.2, 0) is 19.1 Å². The zero-order valence-corrected chi connectivity index (χ0v) is 14.7. The quantitative estimate of drug-likeness (QED) is 0.346. The van der Waals surface area contributed by atoms with Crippen LogP contribution < -0.4 is 0 Å². The van der Waals surface area contributed by atoms with Crippen molar-refractivity contribution in [3.05, 3.63) is 0 Å². The number of unbranched alkanes of at least 4 members (excludes halogenated alkanes) is 9. The van der Waals surface area contributed by atoms with Crippen LogP contribution in [0.25, 0.3) is 0 Å². The Balaban J connectivity index is 3.35. The van der Waals surface area contributed by atoms with Gasteiger partial charge in [-0.3, -0.25) is 9.59 Å². The van der Waals surface area contributed by atoms with E-state index in [4.69, 9.17) is 4.74 Å². The van der Waals surface area contributed by atoms with Crippen molar-refractivity contribution in [2.24, 2.45) is 5.92 Å². The number of methoxy groups -OCH3 is 1. The SMILES string of the molecule is CCCCCCCCCCCCOC(=O)C(C)CC(=O)OC. The van der Waals surface area contributed by atoms with E-state index in [1.165, 1.54) is 58.5 Å². The molecule has 0 saturated carbocycles. The van der Waals surface area contributed by atoms with E-state index in [9.17, 15) is 9.59 Å². The molecule has 0 amide bonds. The van der Waals surface area contributed by atoms with Crippen molar-refractivity contribution in [3.63, 3.8) is 0 Å². The molecule has 0 aromatic heterocycles. The topological polar surface area (TPSA) is 52.6 Å². The average molecular weight is 314 g/mol. The van der Waals surface area contributed by atoms with Gasteiger partial charge in [-0.05, 0) is 6.42 Å². The highest BCUT2D eigenvalue weighted by atomic mass is 16.5. The van der Waals surface area contributed by atoms with Gasteiger partial charge in [0, 0.05) is 0 Å². The van der Waals surface area contributed by atoms with E-state index in [-0.39, 0.29) is 18.4 Å². The molecule has 0 aliphatic rings. The molecule has 130 valence electrons. The van der Waals surface area contributed by atoms with Crippen molar-refractivity contribution in [3.8, 4) is 0 Å². The lowest BCUT2D eigenvalue weighted by Gasteiger charge is -2.10. The van der Waals surface area contributed by atoms with Gasteiger partial charge in [0.15, 0.2) is 0 Å². The fraction of sp³-hybridized carbons (Fsp3) is 0.889. The molecule has 0 aliphatic carbocycles. The molecule has 0 bridgehead atoms. The Morgan fingerprint density at radius 1 is 0.864 bits per heavy atom. The largest absolute Gasteiger partial charge is 0.469 e. The standard InChI is InChI=1S/C18H34O4/c1-4-5-6-7-8-9-10-11-12-13-14-22-18(20)16(2)15-17(19)21-3/h16H,4-15H2,1-3H3. The lowest BCUT2D eigenvalue weighted by molar-refractivity contribution is -0.153. The fourth-order valence-electron chi connectivity index (χ4n) is 2.32. The van der Waals surface area contributed by atoms with Gasteiger partial charge >= 0.3 is 11.9 Å². The van der Waals surface area contributed by atoms with Crippen molar-refractivity contribution < 1.29 is 19.1 Å². The first-order chi connectivity index (χ1) is 10.6. The van der Waals surface area contributed by atoms with Crippen LogP contribution in [0.15, 0.2) is 0 Å². The summed E-state index contributed by atoms with van der Waals surface area (Å²) in [5.74, 6) is -1.10. The van der Waals surface area contributed by atoms with Crippen LogP contribution >= 0.6 is 0 Å². The van der Waals surface area contributed by atoms with Gasteiger partial charge in [0.25, 0.3) is 0 Å². The number of hydrogen-bond acceptors (Lipinski definition) is 4. The highest BCUT2D eigenvalue weighted by molar-refractivity contribution is 5.79. The van der Waals surface area contributed by atoms with Gasteiger partial charge in [-0.1, -0.05) is 71.6 Å². The number of ether oxygens (including phenoxy) is 2. The van der Waals surface area contributed by atoms with E-state index in [2.05, 4.69) is 11.7 Å². The molecule has 1 unspecified atom stereocenters. The minimum atomic E-state index is -0.421. The number of carbonyl (C=O) groups excluding carboxylic acids is 2. The number of hydrogen-bond donors (Lipinski definition) is 0. The van der Waals surface area contributed by atoms with Crippen LogP contribution in [0.1, 0.15) is 84.5 Å². The van der Waals surface area contributed by atoms with Crippen molar-refractivity contribution in [2.75, 3.05) is 13.7 Å². The summed E-state index contributed by atoms with van der Waals surface area (Å²) in [5, 5.41) is 0. The van der Waals surface area contributed by atoms with E-state index in [1.54, 1.807) is 6.92 Å². The van der Waals surface area contributed by atoms with Crippen molar-refractivity contribution in [2.45, 2.75) is 84.5 Å². The van der Waals surface area contributed by atoms with Gasteiger partial charge in [0.2, 0.25) is 0 Å². The smallest absolute Gasteiger partial charge is 0.309 e. The first-order valence-electron chi connectivity index (χ1n) is 8.85. The van der Waals surface area contributed by atoms with Crippen molar-refractivity contribution >= 4 is 11.9 Å². The van der Waals surface area contributed by atoms with E-state index in [1.807, 2.05) is 0 Å². The highest BCUT2D eigenvalue weighted by Crippen LogP contribution is 2.11. The molecule has 0 fully saturated rings. The number of carbonyl (C=O) groups is 2. The third-order valence-corrected chi connectivity index (χ3v) is 3.85. The molecule has 0 spiro atoms. The molecule has 4 nitrogen and oxygen atoms in total. The van der Waals surface area contributed by atoms with Crippen molar-refractivity contribution in [1.82, 2.24) is 0 Å². The Hall–Kier alpha value is -1.06. The first-order valence-corrected chi connectivity index (χ1v) is 8.85. The van der Waals surface area contributed by atoms with Crippen LogP contribution in [0.2, 0.25) is 0 Å². The summed E-state index contributed by atoms with van der Waals surface area (Å²) in [6.07, 6.45) is 12.7. The maximum Gasteiger partial charge on any atom is 0.309 e. The summed E-state index contributed by atoms with van der Waals surface area (Å²) >= 11 is 0. The Morgan fingerprint density at radius 2 is 1.36 bits per heavy atom. The molecule has 1 atom stereocenters. The summed E-state index contributed by atoms with van der Waals surface area (Å²) in [6.45, 7) is 4.39. The molecule has 22 heavy (non-hydrogen) atoms. The predicted molar refractivity (Wildman–Crippen MR) is 88.6 cm³/mol. The summed E-state index contributed by atoms with van der Waals surface area (Å²) in [5.41, 5.74) is 0. The number of esters is 2. The summed E-state index contributed by atoms with van der Waals surface area (Å²) in [7, 11) is 1.32. The Bertz CT molecular complexity index is 289.